The molecule has 4 aromatic rings. The van der Waals surface area contributed by atoms with Gasteiger partial charge in [0.05, 0.1) is 21.9 Å². The van der Waals surface area contributed by atoms with Crippen LogP contribution in [0.25, 0.3) is 0 Å². The van der Waals surface area contributed by atoms with Gasteiger partial charge in [0.15, 0.2) is 0 Å². The van der Waals surface area contributed by atoms with E-state index in [-0.39, 0.29) is 21.9 Å². The fraction of sp³-hybridized carbons (Fsp3) is 0.111. The molecule has 2 atom stereocenters. The summed E-state index contributed by atoms with van der Waals surface area (Å²) in [6, 6.07) is 35.2. The Bertz CT molecular complexity index is 1570. The summed E-state index contributed by atoms with van der Waals surface area (Å²) in [5, 5.41) is 0. The number of hydrogen-bond acceptors (Lipinski definition) is 4. The molecule has 0 radical (unpaired) electrons. The number of anilines is 4. The van der Waals surface area contributed by atoms with Gasteiger partial charge < -0.3 is 9.80 Å². The van der Waals surface area contributed by atoms with Crippen LogP contribution in [-0.2, 0) is 9.84 Å². The lowest BCUT2D eigenvalue weighted by Crippen LogP contribution is -2.29. The molecule has 0 spiro atoms. The summed E-state index contributed by atoms with van der Waals surface area (Å²) >= 11 is 0. The van der Waals surface area contributed by atoms with Crippen LogP contribution < -0.4 is 9.80 Å². The number of rotatable bonds is 8. The molecule has 0 N–H and O–H groups in total. The minimum absolute atomic E-state index is 0.152. The minimum Gasteiger partial charge on any atom is -0.334 e. The standard InChI is InChI=1S/C36H32N2O2S/c39-41(40,35-25-21-33(22-26-35)37(29-13-5-1-6-14-29)30-15-7-2-8-16-30)36-27-23-34(24-28-36)38(31-17-9-3-10-18-31)32-19-11-4-12-20-32/h1-15,17-19,21-28,30,32H,16,20H2. The smallest absolute Gasteiger partial charge is 0.206 e. The molecule has 0 aromatic heterocycles. The first-order valence-electron chi connectivity index (χ1n) is 13.9. The number of nitrogens with zero attached hydrogens (tertiary/aromatic N) is 2. The molecular formula is C36H32N2O2S. The molecule has 0 fully saturated rings. The minimum atomic E-state index is -3.69. The molecule has 6 rings (SSSR count). The molecular weight excluding hydrogens is 524 g/mol. The zero-order chi connectivity index (χ0) is 28.1. The summed E-state index contributed by atoms with van der Waals surface area (Å²) in [7, 11) is -3.69. The second-order valence-corrected chi connectivity index (χ2v) is 12.1. The van der Waals surface area contributed by atoms with Gasteiger partial charge in [0.25, 0.3) is 0 Å². The van der Waals surface area contributed by atoms with Crippen molar-refractivity contribution >= 4 is 32.6 Å². The molecule has 0 heterocycles. The molecule has 0 saturated carbocycles. The number of para-hydroxylation sites is 2. The average molecular weight is 557 g/mol. The van der Waals surface area contributed by atoms with Gasteiger partial charge in [-0.3, -0.25) is 0 Å². The van der Waals surface area contributed by atoms with Crippen molar-refractivity contribution in [1.29, 1.82) is 0 Å². The summed E-state index contributed by atoms with van der Waals surface area (Å²) < 4.78 is 27.3. The van der Waals surface area contributed by atoms with E-state index in [1.165, 1.54) is 0 Å². The summed E-state index contributed by atoms with van der Waals surface area (Å²) in [4.78, 5) is 5.05. The highest BCUT2D eigenvalue weighted by molar-refractivity contribution is 7.91. The molecule has 0 bridgehead atoms. The monoisotopic (exact) mass is 556 g/mol. The number of hydrogen-bond donors (Lipinski definition) is 0. The lowest BCUT2D eigenvalue weighted by molar-refractivity contribution is 0.596. The first kappa shape index (κ1) is 26.6. The Morgan fingerprint density at radius 2 is 0.829 bits per heavy atom. The number of allylic oxidation sites excluding steroid dienone is 4. The Hall–Kier alpha value is -4.61. The molecule has 2 aliphatic rings. The molecule has 2 aliphatic carbocycles. The molecule has 0 aliphatic heterocycles. The number of benzene rings is 4. The van der Waals surface area contributed by atoms with Gasteiger partial charge in [-0.05, 0) is 85.6 Å². The van der Waals surface area contributed by atoms with E-state index in [0.717, 1.165) is 35.6 Å². The lowest BCUT2D eigenvalue weighted by atomic mass is 10.0. The van der Waals surface area contributed by atoms with Crippen molar-refractivity contribution in [3.8, 4) is 0 Å². The van der Waals surface area contributed by atoms with Gasteiger partial charge in [-0.15, -0.1) is 0 Å². The van der Waals surface area contributed by atoms with E-state index in [1.807, 2.05) is 60.7 Å². The van der Waals surface area contributed by atoms with E-state index in [1.54, 1.807) is 24.3 Å². The van der Waals surface area contributed by atoms with Crippen LogP contribution in [0.15, 0.2) is 168 Å². The summed E-state index contributed by atoms with van der Waals surface area (Å²) in [6.45, 7) is 0. The Balaban J connectivity index is 1.28. The van der Waals surface area contributed by atoms with Crippen molar-refractivity contribution in [1.82, 2.24) is 0 Å². The first-order chi connectivity index (χ1) is 20.1. The Kier molecular flexibility index (Phi) is 7.70. The molecule has 5 heteroatoms. The fourth-order valence-corrected chi connectivity index (χ4v) is 6.73. The third kappa shape index (κ3) is 5.67. The van der Waals surface area contributed by atoms with Gasteiger partial charge in [0, 0.05) is 22.7 Å². The van der Waals surface area contributed by atoms with Gasteiger partial charge in [0.2, 0.25) is 9.84 Å². The fourth-order valence-electron chi connectivity index (χ4n) is 5.47. The van der Waals surface area contributed by atoms with Crippen molar-refractivity contribution in [2.45, 2.75) is 34.7 Å². The molecule has 41 heavy (non-hydrogen) atoms. The molecule has 4 aromatic carbocycles. The quantitative estimate of drug-likeness (QED) is 0.218. The largest absolute Gasteiger partial charge is 0.334 e. The number of sulfone groups is 1. The van der Waals surface area contributed by atoms with Crippen molar-refractivity contribution < 1.29 is 8.42 Å². The zero-order valence-corrected chi connectivity index (χ0v) is 23.5. The van der Waals surface area contributed by atoms with E-state index < -0.39 is 9.84 Å². The predicted molar refractivity (Wildman–Crippen MR) is 169 cm³/mol. The third-order valence-corrected chi connectivity index (χ3v) is 9.28. The van der Waals surface area contributed by atoms with Crippen LogP contribution in [0.1, 0.15) is 12.8 Å². The topological polar surface area (TPSA) is 40.6 Å². The summed E-state index contributed by atoms with van der Waals surface area (Å²) in [6.07, 6.45) is 18.7. The molecule has 0 saturated heterocycles. The van der Waals surface area contributed by atoms with Crippen molar-refractivity contribution in [3.05, 3.63) is 158 Å². The predicted octanol–water partition coefficient (Wildman–Crippen LogP) is 8.57. The van der Waals surface area contributed by atoms with Crippen LogP contribution in [0.3, 0.4) is 0 Å². The summed E-state index contributed by atoms with van der Waals surface area (Å²) in [5.41, 5.74) is 4.02. The second-order valence-electron chi connectivity index (χ2n) is 10.1. The lowest BCUT2D eigenvalue weighted by Gasteiger charge is -2.32. The van der Waals surface area contributed by atoms with Gasteiger partial charge in [-0.25, -0.2) is 8.42 Å². The maximum absolute atomic E-state index is 13.7. The first-order valence-corrected chi connectivity index (χ1v) is 15.4. The highest BCUT2D eigenvalue weighted by Crippen LogP contribution is 2.34. The highest BCUT2D eigenvalue weighted by atomic mass is 32.2. The average Bonchev–Trinajstić information content (AvgIpc) is 3.04. The SMILES string of the molecule is O=S(=O)(c1ccc(N(c2ccccc2)C2C=CC=CC2)cc1)c1ccc(N(c2ccccc2)C2C=CC=CC2)cc1. The van der Waals surface area contributed by atoms with Gasteiger partial charge in [-0.2, -0.15) is 0 Å². The van der Waals surface area contributed by atoms with E-state index >= 15 is 0 Å². The van der Waals surface area contributed by atoms with E-state index in [2.05, 4.69) is 82.7 Å². The molecule has 204 valence electrons. The second kappa shape index (κ2) is 11.9. The Morgan fingerprint density at radius 3 is 1.17 bits per heavy atom. The molecule has 2 unspecified atom stereocenters. The van der Waals surface area contributed by atoms with Gasteiger partial charge >= 0.3 is 0 Å². The normalized spacial score (nSPS) is 17.9. The van der Waals surface area contributed by atoms with Gasteiger partial charge in [-0.1, -0.05) is 85.0 Å². The van der Waals surface area contributed by atoms with E-state index in [9.17, 15) is 8.42 Å². The Labute approximate surface area is 242 Å². The molecule has 4 nitrogen and oxygen atoms in total. The van der Waals surface area contributed by atoms with Crippen LogP contribution in [0.5, 0.6) is 0 Å². The van der Waals surface area contributed by atoms with Crippen LogP contribution in [0.2, 0.25) is 0 Å². The van der Waals surface area contributed by atoms with Crippen LogP contribution in [-0.4, -0.2) is 20.5 Å². The van der Waals surface area contributed by atoms with Crippen LogP contribution >= 0.6 is 0 Å². The Morgan fingerprint density at radius 1 is 0.463 bits per heavy atom. The van der Waals surface area contributed by atoms with E-state index in [0.29, 0.717) is 0 Å². The highest BCUT2D eigenvalue weighted by Gasteiger charge is 2.23. The molecule has 0 amide bonds. The summed E-state index contributed by atoms with van der Waals surface area (Å²) in [5.74, 6) is 0. The van der Waals surface area contributed by atoms with Gasteiger partial charge in [0.1, 0.15) is 0 Å². The van der Waals surface area contributed by atoms with Crippen molar-refractivity contribution in [2.75, 3.05) is 9.80 Å². The maximum atomic E-state index is 13.7. The maximum Gasteiger partial charge on any atom is 0.206 e. The zero-order valence-electron chi connectivity index (χ0n) is 22.7. The van der Waals surface area contributed by atoms with Crippen molar-refractivity contribution in [2.24, 2.45) is 0 Å². The van der Waals surface area contributed by atoms with Crippen molar-refractivity contribution in [3.63, 3.8) is 0 Å². The van der Waals surface area contributed by atoms with Crippen LogP contribution in [0.4, 0.5) is 22.7 Å². The van der Waals surface area contributed by atoms with Crippen LogP contribution in [0, 0.1) is 0 Å². The van der Waals surface area contributed by atoms with E-state index in [4.69, 9.17) is 0 Å². The third-order valence-electron chi connectivity index (χ3n) is 7.50.